The van der Waals surface area contributed by atoms with Gasteiger partial charge < -0.3 is 19.2 Å². The molecule has 1 heterocycles. The molecule has 122 valence electrons. The van der Waals surface area contributed by atoms with Crippen LogP contribution in [0.4, 0.5) is 0 Å². The van der Waals surface area contributed by atoms with Crippen LogP contribution in [0.15, 0.2) is 35.3 Å². The Kier molecular flexibility index (Phi) is 5.05. The summed E-state index contributed by atoms with van der Waals surface area (Å²) in [5.74, 6) is -0.331. The summed E-state index contributed by atoms with van der Waals surface area (Å²) in [7, 11) is 1.56. The van der Waals surface area contributed by atoms with Gasteiger partial charge in [-0.3, -0.25) is 4.79 Å². The van der Waals surface area contributed by atoms with Gasteiger partial charge in [0.2, 0.25) is 5.76 Å². The van der Waals surface area contributed by atoms with Gasteiger partial charge in [-0.1, -0.05) is 6.08 Å². The van der Waals surface area contributed by atoms with Crippen molar-refractivity contribution in [3.63, 3.8) is 0 Å². The highest BCUT2D eigenvalue weighted by Gasteiger charge is 2.24. The summed E-state index contributed by atoms with van der Waals surface area (Å²) < 4.78 is 15.9. The van der Waals surface area contributed by atoms with Crippen molar-refractivity contribution in [1.82, 2.24) is 5.32 Å². The van der Waals surface area contributed by atoms with E-state index in [9.17, 15) is 9.59 Å². The SMILES string of the molecule is C=CCNC(=O)[C@@H](C)OC(=O)c1oc2ccc(OC)cc2c1C. The number of furan rings is 1. The second-order valence-electron chi connectivity index (χ2n) is 5.00. The lowest BCUT2D eigenvalue weighted by atomic mass is 10.1. The third kappa shape index (κ3) is 3.53. The number of nitrogens with one attached hydrogen (secondary N) is 1. The van der Waals surface area contributed by atoms with Gasteiger partial charge in [-0.25, -0.2) is 4.79 Å². The molecule has 0 spiro atoms. The van der Waals surface area contributed by atoms with Crippen molar-refractivity contribution >= 4 is 22.8 Å². The monoisotopic (exact) mass is 317 g/mol. The molecule has 6 nitrogen and oxygen atoms in total. The fourth-order valence-corrected chi connectivity index (χ4v) is 2.11. The Balaban J connectivity index is 2.19. The zero-order valence-electron chi connectivity index (χ0n) is 13.3. The lowest BCUT2D eigenvalue weighted by Crippen LogP contribution is -2.35. The first-order chi connectivity index (χ1) is 11.0. The summed E-state index contributed by atoms with van der Waals surface area (Å²) in [5, 5.41) is 3.33. The number of hydrogen-bond donors (Lipinski definition) is 1. The molecule has 1 aromatic carbocycles. The molecule has 1 aromatic heterocycles. The molecule has 0 bridgehead atoms. The third-order valence-electron chi connectivity index (χ3n) is 3.40. The van der Waals surface area contributed by atoms with Gasteiger partial charge in [-0.15, -0.1) is 6.58 Å². The Morgan fingerprint density at radius 2 is 2.17 bits per heavy atom. The first kappa shape index (κ1) is 16.6. The molecule has 2 aromatic rings. The van der Waals surface area contributed by atoms with E-state index in [4.69, 9.17) is 13.9 Å². The van der Waals surface area contributed by atoms with Crippen molar-refractivity contribution in [3.8, 4) is 5.75 Å². The van der Waals surface area contributed by atoms with Crippen molar-refractivity contribution in [3.05, 3.63) is 42.2 Å². The van der Waals surface area contributed by atoms with E-state index in [1.807, 2.05) is 0 Å². The highest BCUT2D eigenvalue weighted by Crippen LogP contribution is 2.29. The van der Waals surface area contributed by atoms with Gasteiger partial charge in [-0.05, 0) is 32.0 Å². The second-order valence-corrected chi connectivity index (χ2v) is 5.00. The second kappa shape index (κ2) is 7.00. The molecule has 0 saturated heterocycles. The highest BCUT2D eigenvalue weighted by atomic mass is 16.6. The number of ether oxygens (including phenoxy) is 2. The normalized spacial score (nSPS) is 11.8. The number of esters is 1. The summed E-state index contributed by atoms with van der Waals surface area (Å²) >= 11 is 0. The molecule has 23 heavy (non-hydrogen) atoms. The van der Waals surface area contributed by atoms with Gasteiger partial charge >= 0.3 is 5.97 Å². The maximum Gasteiger partial charge on any atom is 0.375 e. The summed E-state index contributed by atoms with van der Waals surface area (Å²) in [6.07, 6.45) is 0.619. The lowest BCUT2D eigenvalue weighted by molar-refractivity contribution is -0.128. The Hall–Kier alpha value is -2.76. The summed E-state index contributed by atoms with van der Waals surface area (Å²) in [6, 6.07) is 5.25. The molecule has 1 atom stereocenters. The quantitative estimate of drug-likeness (QED) is 0.654. The maximum absolute atomic E-state index is 12.2. The number of amides is 1. The molecule has 0 fully saturated rings. The Morgan fingerprint density at radius 1 is 1.43 bits per heavy atom. The van der Waals surface area contributed by atoms with Crippen LogP contribution < -0.4 is 10.1 Å². The first-order valence-electron chi connectivity index (χ1n) is 7.14. The minimum absolute atomic E-state index is 0.0802. The Morgan fingerprint density at radius 3 is 2.83 bits per heavy atom. The molecular weight excluding hydrogens is 298 g/mol. The van der Waals surface area contributed by atoms with Gasteiger partial charge in [0, 0.05) is 17.5 Å². The molecule has 0 aliphatic carbocycles. The lowest BCUT2D eigenvalue weighted by Gasteiger charge is -2.11. The van der Waals surface area contributed by atoms with Crippen molar-refractivity contribution in [2.24, 2.45) is 0 Å². The van der Waals surface area contributed by atoms with Gasteiger partial charge in [0.25, 0.3) is 5.91 Å². The van der Waals surface area contributed by atoms with E-state index in [0.717, 1.165) is 5.39 Å². The van der Waals surface area contributed by atoms with Crippen molar-refractivity contribution in [2.45, 2.75) is 20.0 Å². The number of aryl methyl sites for hydroxylation is 1. The van der Waals surface area contributed by atoms with Crippen LogP contribution in [0.5, 0.6) is 5.75 Å². The van der Waals surface area contributed by atoms with Crippen molar-refractivity contribution < 1.29 is 23.5 Å². The van der Waals surface area contributed by atoms with Crippen LogP contribution >= 0.6 is 0 Å². The topological polar surface area (TPSA) is 77.8 Å². The summed E-state index contributed by atoms with van der Waals surface area (Å²) in [5.41, 5.74) is 1.20. The van der Waals surface area contributed by atoms with Crippen LogP contribution in [0, 0.1) is 6.92 Å². The smallest absolute Gasteiger partial charge is 0.375 e. The number of hydrogen-bond acceptors (Lipinski definition) is 5. The third-order valence-corrected chi connectivity index (χ3v) is 3.40. The van der Waals surface area contributed by atoms with E-state index in [1.165, 1.54) is 6.92 Å². The molecule has 6 heteroatoms. The van der Waals surface area contributed by atoms with E-state index in [0.29, 0.717) is 23.4 Å². The molecule has 0 radical (unpaired) electrons. The predicted octanol–water partition coefficient (Wildman–Crippen LogP) is 2.60. The van der Waals surface area contributed by atoms with E-state index in [1.54, 1.807) is 38.3 Å². The van der Waals surface area contributed by atoms with E-state index in [2.05, 4.69) is 11.9 Å². The molecule has 0 unspecified atom stereocenters. The van der Waals surface area contributed by atoms with Gasteiger partial charge in [0.05, 0.1) is 7.11 Å². The molecule has 0 aliphatic heterocycles. The Bertz CT molecular complexity index is 747. The number of benzene rings is 1. The molecule has 2 rings (SSSR count). The number of fused-ring (bicyclic) bond motifs is 1. The maximum atomic E-state index is 12.2. The van der Waals surface area contributed by atoms with Gasteiger partial charge in [0.1, 0.15) is 11.3 Å². The standard InChI is InChI=1S/C17H19NO5/c1-5-8-18-16(19)11(3)22-17(20)15-10(2)13-9-12(21-4)6-7-14(13)23-15/h5-7,9,11H,1,8H2,2-4H3,(H,18,19)/t11-/m1/s1. The summed E-state index contributed by atoms with van der Waals surface area (Å²) in [6.45, 7) is 7.06. The van der Waals surface area contributed by atoms with Crippen LogP contribution in [-0.2, 0) is 9.53 Å². The van der Waals surface area contributed by atoms with E-state index < -0.39 is 18.0 Å². The zero-order chi connectivity index (χ0) is 17.0. The molecular formula is C17H19NO5. The van der Waals surface area contributed by atoms with Crippen LogP contribution in [0.25, 0.3) is 11.0 Å². The van der Waals surface area contributed by atoms with Crippen LogP contribution in [0.3, 0.4) is 0 Å². The first-order valence-corrected chi connectivity index (χ1v) is 7.14. The van der Waals surface area contributed by atoms with Crippen molar-refractivity contribution in [2.75, 3.05) is 13.7 Å². The van der Waals surface area contributed by atoms with Gasteiger partial charge in [0.15, 0.2) is 6.10 Å². The minimum atomic E-state index is -0.926. The molecule has 0 saturated carbocycles. The van der Waals surface area contributed by atoms with E-state index >= 15 is 0 Å². The largest absolute Gasteiger partial charge is 0.497 e. The Labute approximate surface area is 134 Å². The number of carbonyl (C=O) groups is 2. The molecule has 0 aliphatic rings. The average molecular weight is 317 g/mol. The van der Waals surface area contributed by atoms with Crippen LogP contribution in [0.1, 0.15) is 23.0 Å². The van der Waals surface area contributed by atoms with Crippen LogP contribution in [0.2, 0.25) is 0 Å². The number of carbonyl (C=O) groups excluding carboxylic acids is 2. The molecule has 1 amide bonds. The van der Waals surface area contributed by atoms with Crippen LogP contribution in [-0.4, -0.2) is 31.6 Å². The highest BCUT2D eigenvalue weighted by molar-refractivity contribution is 5.97. The fourth-order valence-electron chi connectivity index (χ4n) is 2.11. The van der Waals surface area contributed by atoms with Crippen molar-refractivity contribution in [1.29, 1.82) is 0 Å². The fraction of sp³-hybridized carbons (Fsp3) is 0.294. The van der Waals surface area contributed by atoms with E-state index in [-0.39, 0.29) is 5.76 Å². The number of rotatable bonds is 6. The number of methoxy groups -OCH3 is 1. The zero-order valence-corrected chi connectivity index (χ0v) is 13.3. The minimum Gasteiger partial charge on any atom is -0.497 e. The average Bonchev–Trinajstić information content (AvgIpc) is 2.88. The predicted molar refractivity (Wildman–Crippen MR) is 85.6 cm³/mol. The van der Waals surface area contributed by atoms with Gasteiger partial charge in [-0.2, -0.15) is 0 Å². The molecule has 1 N–H and O–H groups in total. The summed E-state index contributed by atoms with van der Waals surface area (Å²) in [4.78, 5) is 24.0.